The Hall–Kier alpha value is -1.19. The lowest BCUT2D eigenvalue weighted by Gasteiger charge is -2.27. The molecule has 2 saturated carbocycles. The van der Waals surface area contributed by atoms with E-state index in [2.05, 4.69) is 59.8 Å². The van der Waals surface area contributed by atoms with E-state index in [-0.39, 0.29) is 0 Å². The summed E-state index contributed by atoms with van der Waals surface area (Å²) in [6, 6.07) is 0. The van der Waals surface area contributed by atoms with Crippen LogP contribution >= 0.6 is 0 Å². The minimum atomic E-state index is 0.898. The molecule has 1 aromatic heterocycles. The monoisotopic (exact) mass is 278 g/mol. The van der Waals surface area contributed by atoms with Crippen molar-refractivity contribution in [1.82, 2.24) is 15.4 Å². The number of rotatable bonds is 5. The van der Waals surface area contributed by atoms with Crippen LogP contribution in [0.4, 0.5) is 5.69 Å². The van der Waals surface area contributed by atoms with Crippen LogP contribution in [0.2, 0.25) is 0 Å². The first kappa shape index (κ1) is 14.7. The first-order valence-corrected chi connectivity index (χ1v) is 7.27. The number of nitrogens with zero attached hydrogens (tertiary/aromatic N) is 4. The van der Waals surface area contributed by atoms with Crippen molar-refractivity contribution in [2.75, 3.05) is 18.0 Å². The topological polar surface area (TPSA) is 41.9 Å². The SMILES string of the molecule is CCN(CC)c1c([C]2[CH][CH][CH][CH]2)nnnc1[C]1[CH][CH][CH][CH]1. The lowest BCUT2D eigenvalue weighted by molar-refractivity contribution is 0.769. The Morgan fingerprint density at radius 2 is 1.19 bits per heavy atom. The summed E-state index contributed by atoms with van der Waals surface area (Å²) in [4.78, 5) is 2.28. The van der Waals surface area contributed by atoms with E-state index in [0.29, 0.717) is 0 Å². The first-order valence-electron chi connectivity index (χ1n) is 7.27. The Labute approximate surface area is 128 Å². The Morgan fingerprint density at radius 3 is 1.57 bits per heavy atom. The molecule has 0 aliphatic heterocycles. The molecule has 0 saturated heterocycles. The molecule has 0 bridgehead atoms. The zero-order valence-electron chi connectivity index (χ0n) is 12.3. The minimum Gasteiger partial charge on any atom is -0.369 e. The molecule has 0 unspecified atom stereocenters. The molecule has 2 aliphatic carbocycles. The Bertz CT molecular complexity index is 424. The molecular formula is C17H18N4. The van der Waals surface area contributed by atoms with Crippen molar-refractivity contribution in [2.45, 2.75) is 13.8 Å². The third-order valence-electron chi connectivity index (χ3n) is 3.69. The van der Waals surface area contributed by atoms with Crippen LogP contribution in [-0.2, 0) is 0 Å². The van der Waals surface area contributed by atoms with Gasteiger partial charge in [-0.25, -0.2) is 0 Å². The van der Waals surface area contributed by atoms with Crippen LogP contribution in [0, 0.1) is 63.2 Å². The maximum atomic E-state index is 4.31. The van der Waals surface area contributed by atoms with Crippen molar-refractivity contribution in [3.8, 4) is 0 Å². The summed E-state index contributed by atoms with van der Waals surface area (Å²) in [5, 5.41) is 12.6. The third-order valence-corrected chi connectivity index (χ3v) is 3.69. The molecule has 21 heavy (non-hydrogen) atoms. The van der Waals surface area contributed by atoms with Gasteiger partial charge in [-0.2, -0.15) is 0 Å². The van der Waals surface area contributed by atoms with Gasteiger partial charge in [0.1, 0.15) is 0 Å². The molecule has 4 nitrogen and oxygen atoms in total. The number of hydrogen-bond donors (Lipinski definition) is 0. The van der Waals surface area contributed by atoms with Gasteiger partial charge in [-0.1, -0.05) is 0 Å². The largest absolute Gasteiger partial charge is 0.369 e. The molecule has 10 radical (unpaired) electrons. The highest BCUT2D eigenvalue weighted by Gasteiger charge is 2.32. The molecule has 3 rings (SSSR count). The van der Waals surface area contributed by atoms with Gasteiger partial charge in [0.15, 0.2) is 0 Å². The molecule has 0 spiro atoms. The Morgan fingerprint density at radius 1 is 0.762 bits per heavy atom. The summed E-state index contributed by atoms with van der Waals surface area (Å²) >= 11 is 0. The van der Waals surface area contributed by atoms with E-state index in [0.717, 1.165) is 42.0 Å². The van der Waals surface area contributed by atoms with Crippen LogP contribution < -0.4 is 4.90 Å². The average molecular weight is 278 g/mol. The van der Waals surface area contributed by atoms with Gasteiger partial charge in [-0.3, -0.25) is 0 Å². The van der Waals surface area contributed by atoms with Crippen molar-refractivity contribution in [1.29, 1.82) is 0 Å². The van der Waals surface area contributed by atoms with Gasteiger partial charge < -0.3 is 4.90 Å². The fourth-order valence-electron chi connectivity index (χ4n) is 2.61. The van der Waals surface area contributed by atoms with E-state index in [4.69, 9.17) is 0 Å². The lowest BCUT2D eigenvalue weighted by atomic mass is 9.95. The molecule has 0 aromatic carbocycles. The van der Waals surface area contributed by atoms with Crippen LogP contribution in [-0.4, -0.2) is 28.5 Å². The molecule has 4 heteroatoms. The molecule has 0 atom stereocenters. The molecule has 0 amide bonds. The summed E-state index contributed by atoms with van der Waals surface area (Å²) in [5.41, 5.74) is 2.86. The zero-order valence-corrected chi connectivity index (χ0v) is 12.3. The van der Waals surface area contributed by atoms with Crippen LogP contribution in [0.1, 0.15) is 25.2 Å². The second-order valence-corrected chi connectivity index (χ2v) is 4.85. The predicted octanol–water partition coefficient (Wildman–Crippen LogP) is 2.22. The first-order chi connectivity index (χ1) is 10.3. The van der Waals surface area contributed by atoms with E-state index < -0.39 is 0 Å². The molecule has 1 aromatic rings. The van der Waals surface area contributed by atoms with Gasteiger partial charge in [0, 0.05) is 24.9 Å². The highest BCUT2D eigenvalue weighted by molar-refractivity contribution is 5.69. The van der Waals surface area contributed by atoms with Gasteiger partial charge in [0.25, 0.3) is 0 Å². The minimum absolute atomic E-state index is 0.898. The Kier molecular flexibility index (Phi) is 4.71. The lowest BCUT2D eigenvalue weighted by Crippen LogP contribution is -2.28. The quantitative estimate of drug-likeness (QED) is 0.828. The molecule has 0 N–H and O–H groups in total. The summed E-state index contributed by atoms with van der Waals surface area (Å²) < 4.78 is 0. The number of hydrogen-bond acceptors (Lipinski definition) is 4. The van der Waals surface area contributed by atoms with Crippen LogP contribution in [0.25, 0.3) is 0 Å². The summed E-state index contributed by atoms with van der Waals surface area (Å²) in [7, 11) is 0. The number of anilines is 1. The third kappa shape index (κ3) is 2.90. The zero-order chi connectivity index (χ0) is 14.7. The molecule has 2 fully saturated rings. The molecule has 2 aliphatic rings. The van der Waals surface area contributed by atoms with Crippen LogP contribution in [0.15, 0.2) is 0 Å². The van der Waals surface area contributed by atoms with E-state index in [1.807, 2.05) is 25.7 Å². The van der Waals surface area contributed by atoms with Gasteiger partial charge in [0.2, 0.25) is 0 Å². The fourth-order valence-corrected chi connectivity index (χ4v) is 2.61. The van der Waals surface area contributed by atoms with Gasteiger partial charge in [-0.05, 0) is 70.4 Å². The Balaban J connectivity index is 2.03. The summed E-state index contributed by atoms with van der Waals surface area (Å²) in [5.74, 6) is 2.17. The van der Waals surface area contributed by atoms with E-state index >= 15 is 0 Å². The van der Waals surface area contributed by atoms with Gasteiger partial charge in [-0.15, -0.1) is 10.2 Å². The van der Waals surface area contributed by atoms with Crippen molar-refractivity contribution in [2.24, 2.45) is 0 Å². The van der Waals surface area contributed by atoms with Crippen LogP contribution in [0.5, 0.6) is 0 Å². The molecular weight excluding hydrogens is 260 g/mol. The maximum absolute atomic E-state index is 4.31. The van der Waals surface area contributed by atoms with E-state index in [1.165, 1.54) is 0 Å². The van der Waals surface area contributed by atoms with Crippen molar-refractivity contribution in [3.05, 3.63) is 74.6 Å². The standard InChI is InChI=1S/C17H18N4/c1-3-21(4-2)17-15(13-9-5-6-10-13)18-20-19-16(17)14-11-7-8-12-14/h5-12H,3-4H2,1-2H3. The van der Waals surface area contributed by atoms with Gasteiger partial charge in [0.05, 0.1) is 17.1 Å². The van der Waals surface area contributed by atoms with Crippen molar-refractivity contribution < 1.29 is 0 Å². The summed E-state index contributed by atoms with van der Waals surface area (Å²) in [6.07, 6.45) is 16.3. The van der Waals surface area contributed by atoms with Crippen LogP contribution in [0.3, 0.4) is 0 Å². The molecule has 106 valence electrons. The van der Waals surface area contributed by atoms with Crippen molar-refractivity contribution in [3.63, 3.8) is 0 Å². The van der Waals surface area contributed by atoms with Gasteiger partial charge >= 0.3 is 0 Å². The van der Waals surface area contributed by atoms with E-state index in [9.17, 15) is 0 Å². The summed E-state index contributed by atoms with van der Waals surface area (Å²) in [6.45, 7) is 6.11. The second kappa shape index (κ2) is 6.71. The van der Waals surface area contributed by atoms with E-state index in [1.54, 1.807) is 0 Å². The number of aromatic nitrogens is 3. The second-order valence-electron chi connectivity index (χ2n) is 4.85. The smallest absolute Gasteiger partial charge is 0.0978 e. The maximum Gasteiger partial charge on any atom is 0.0978 e. The highest BCUT2D eigenvalue weighted by atomic mass is 15.3. The normalized spacial score (nSPS) is 20.3. The fraction of sp³-hybridized carbons (Fsp3) is 0.235. The van der Waals surface area contributed by atoms with Crippen molar-refractivity contribution >= 4 is 5.69 Å². The predicted molar refractivity (Wildman–Crippen MR) is 82.5 cm³/mol. The highest BCUT2D eigenvalue weighted by Crippen LogP contribution is 2.40. The average Bonchev–Trinajstić information content (AvgIpc) is 3.22. The molecule has 1 heterocycles.